The first-order chi connectivity index (χ1) is 16.3. The van der Waals surface area contributed by atoms with Crippen molar-refractivity contribution in [2.45, 2.75) is 138 Å². The van der Waals surface area contributed by atoms with Crippen LogP contribution in [-0.2, 0) is 4.74 Å². The lowest BCUT2D eigenvalue weighted by Crippen LogP contribution is -2.21. The van der Waals surface area contributed by atoms with E-state index in [1.54, 1.807) is 0 Å². The molecule has 0 spiro atoms. The highest BCUT2D eigenvalue weighted by Crippen LogP contribution is 2.35. The Labute approximate surface area is 214 Å². The molecule has 2 saturated carbocycles. The van der Waals surface area contributed by atoms with E-state index in [1.165, 1.54) is 108 Å². The normalized spacial score (nSPS) is 31.9. The van der Waals surface area contributed by atoms with Crippen LogP contribution in [0.15, 0.2) is 0 Å². The second-order valence-corrected chi connectivity index (χ2v) is 13.2. The number of unbranched alkanes of at least 4 members (excludes halogenated alkanes) is 4. The van der Waals surface area contributed by atoms with Crippen LogP contribution in [0.4, 0.5) is 0 Å². The maximum absolute atomic E-state index is 6.07. The third-order valence-corrected chi connectivity index (χ3v) is 10.3. The lowest BCUT2D eigenvalue weighted by Gasteiger charge is -2.25. The Morgan fingerprint density at radius 2 is 1.24 bits per heavy atom. The van der Waals surface area contributed by atoms with Crippen molar-refractivity contribution in [2.24, 2.45) is 11.8 Å². The molecule has 0 amide bonds. The van der Waals surface area contributed by atoms with Crippen LogP contribution in [0.3, 0.4) is 0 Å². The van der Waals surface area contributed by atoms with Crippen LogP contribution in [0, 0.1) is 35.5 Å². The monoisotopic (exact) mass is 488 g/mol. The largest absolute Gasteiger partial charge is 0.378 e. The van der Waals surface area contributed by atoms with Gasteiger partial charge in [0.25, 0.3) is 0 Å². The van der Waals surface area contributed by atoms with E-state index in [2.05, 4.69) is 49.3 Å². The molecular formula is C30H48OS2. The average Bonchev–Trinajstić information content (AvgIpc) is 3.31. The highest BCUT2D eigenvalue weighted by Gasteiger charge is 2.25. The number of hydrogen-bond donors (Lipinski definition) is 0. The Kier molecular flexibility index (Phi) is 13.6. The molecule has 0 radical (unpaired) electrons. The maximum Gasteiger partial charge on any atom is 0.0670 e. The minimum atomic E-state index is 0.495. The summed E-state index contributed by atoms with van der Waals surface area (Å²) in [5, 5.41) is 1.95. The zero-order valence-electron chi connectivity index (χ0n) is 21.4. The molecule has 186 valence electrons. The molecule has 0 aromatic carbocycles. The quantitative estimate of drug-likeness (QED) is 0.225. The summed E-state index contributed by atoms with van der Waals surface area (Å²) >= 11 is 4.27. The van der Waals surface area contributed by atoms with Crippen molar-refractivity contribution in [1.29, 1.82) is 0 Å². The highest BCUT2D eigenvalue weighted by atomic mass is 32.2. The average molecular weight is 489 g/mol. The lowest BCUT2D eigenvalue weighted by molar-refractivity contribution is 0.0211. The van der Waals surface area contributed by atoms with E-state index >= 15 is 0 Å². The van der Waals surface area contributed by atoms with Crippen LogP contribution in [-0.4, -0.2) is 34.2 Å². The molecule has 3 rings (SSSR count). The van der Waals surface area contributed by atoms with E-state index in [0.29, 0.717) is 28.4 Å². The van der Waals surface area contributed by atoms with Gasteiger partial charge in [0, 0.05) is 23.7 Å². The van der Waals surface area contributed by atoms with Gasteiger partial charge in [0.15, 0.2) is 0 Å². The fourth-order valence-electron chi connectivity index (χ4n) is 5.22. The van der Waals surface area contributed by atoms with Gasteiger partial charge in [-0.25, -0.2) is 0 Å². The molecule has 33 heavy (non-hydrogen) atoms. The van der Waals surface area contributed by atoms with Crippen LogP contribution in [0.2, 0.25) is 0 Å². The SMILES string of the molecule is CCCCCOC1CCC(C#CC2CCC(C#CC3CCC(SCCCCC)CC3)S2)CC1. The third kappa shape index (κ3) is 10.9. The molecule has 1 aliphatic heterocycles. The van der Waals surface area contributed by atoms with Gasteiger partial charge in [-0.2, -0.15) is 11.8 Å². The van der Waals surface area contributed by atoms with Gasteiger partial charge in [0.2, 0.25) is 0 Å². The molecule has 1 nitrogen and oxygen atoms in total. The Morgan fingerprint density at radius 1 is 0.667 bits per heavy atom. The van der Waals surface area contributed by atoms with Gasteiger partial charge in [-0.3, -0.25) is 0 Å². The summed E-state index contributed by atoms with van der Waals surface area (Å²) in [7, 11) is 0. The number of hydrogen-bond acceptors (Lipinski definition) is 3. The molecule has 0 bridgehead atoms. The molecule has 2 atom stereocenters. The summed E-state index contributed by atoms with van der Waals surface area (Å²) in [4.78, 5) is 0. The Morgan fingerprint density at radius 3 is 1.85 bits per heavy atom. The van der Waals surface area contributed by atoms with Crippen LogP contribution in [0.1, 0.15) is 117 Å². The summed E-state index contributed by atoms with van der Waals surface area (Å²) < 4.78 is 6.07. The van der Waals surface area contributed by atoms with Crippen molar-refractivity contribution in [3.63, 3.8) is 0 Å². The van der Waals surface area contributed by atoms with E-state index in [-0.39, 0.29) is 0 Å². The van der Waals surface area contributed by atoms with Crippen molar-refractivity contribution in [3.8, 4) is 23.7 Å². The summed E-state index contributed by atoms with van der Waals surface area (Å²) in [5.41, 5.74) is 0. The fourth-order valence-corrected chi connectivity index (χ4v) is 7.75. The second kappa shape index (κ2) is 16.5. The number of ether oxygens (including phenoxy) is 1. The number of rotatable bonds is 10. The first-order valence-corrected chi connectivity index (χ1v) is 16.2. The standard InChI is InChI=1S/C30H48OS2/c1-3-5-7-23-31-27-15-9-25(10-16-27)13-19-29-21-22-30(33-29)20-14-26-11-17-28(18-12-26)32-24-8-6-4-2/h25-30H,3-12,15-18,21-24H2,1-2H3. The Bertz CT molecular complexity index is 582. The van der Waals surface area contributed by atoms with E-state index in [4.69, 9.17) is 4.74 Å². The van der Waals surface area contributed by atoms with E-state index in [0.717, 1.165) is 11.9 Å². The summed E-state index contributed by atoms with van der Waals surface area (Å²) in [5.74, 6) is 17.2. The lowest BCUT2D eigenvalue weighted by atomic mass is 9.87. The minimum absolute atomic E-state index is 0.495. The van der Waals surface area contributed by atoms with Crippen molar-refractivity contribution >= 4 is 23.5 Å². The van der Waals surface area contributed by atoms with E-state index in [9.17, 15) is 0 Å². The van der Waals surface area contributed by atoms with Gasteiger partial charge in [-0.1, -0.05) is 63.2 Å². The molecule has 0 aromatic heterocycles. The van der Waals surface area contributed by atoms with Gasteiger partial charge in [0.1, 0.15) is 0 Å². The van der Waals surface area contributed by atoms with Gasteiger partial charge in [-0.05, 0) is 82.8 Å². The topological polar surface area (TPSA) is 9.23 Å². The van der Waals surface area contributed by atoms with Crippen LogP contribution in [0.25, 0.3) is 0 Å². The first kappa shape index (κ1) is 27.4. The molecule has 3 heteroatoms. The van der Waals surface area contributed by atoms with Crippen molar-refractivity contribution < 1.29 is 4.74 Å². The molecular weight excluding hydrogens is 440 g/mol. The Hall–Kier alpha value is -0.220. The molecule has 3 fully saturated rings. The summed E-state index contributed by atoms with van der Waals surface area (Å²) in [6.45, 7) is 5.50. The van der Waals surface area contributed by atoms with Crippen LogP contribution < -0.4 is 0 Å². The van der Waals surface area contributed by atoms with Gasteiger partial charge in [-0.15, -0.1) is 11.8 Å². The summed E-state index contributed by atoms with van der Waals surface area (Å²) in [6, 6.07) is 0. The van der Waals surface area contributed by atoms with Crippen LogP contribution >= 0.6 is 23.5 Å². The zero-order valence-corrected chi connectivity index (χ0v) is 23.0. The molecule has 1 heterocycles. The zero-order chi connectivity index (χ0) is 23.1. The van der Waals surface area contributed by atoms with Gasteiger partial charge in [0.05, 0.1) is 16.6 Å². The van der Waals surface area contributed by atoms with E-state index in [1.807, 2.05) is 11.8 Å². The van der Waals surface area contributed by atoms with Gasteiger partial charge < -0.3 is 4.74 Å². The predicted octanol–water partition coefficient (Wildman–Crippen LogP) is 8.51. The minimum Gasteiger partial charge on any atom is -0.378 e. The molecule has 1 saturated heterocycles. The van der Waals surface area contributed by atoms with Crippen LogP contribution in [0.5, 0.6) is 0 Å². The van der Waals surface area contributed by atoms with Crippen molar-refractivity contribution in [2.75, 3.05) is 12.4 Å². The van der Waals surface area contributed by atoms with Crippen molar-refractivity contribution in [1.82, 2.24) is 0 Å². The van der Waals surface area contributed by atoms with E-state index < -0.39 is 0 Å². The highest BCUT2D eigenvalue weighted by molar-refractivity contribution is 8.01. The molecule has 0 N–H and O–H groups in total. The molecule has 2 unspecified atom stereocenters. The summed E-state index contributed by atoms with van der Waals surface area (Å²) in [6.07, 6.45) is 21.2. The number of thioether (sulfide) groups is 2. The molecule has 0 aromatic rings. The fraction of sp³-hybridized carbons (Fsp3) is 0.867. The predicted molar refractivity (Wildman–Crippen MR) is 149 cm³/mol. The van der Waals surface area contributed by atoms with Crippen molar-refractivity contribution in [3.05, 3.63) is 0 Å². The Balaban J connectivity index is 1.28. The third-order valence-electron chi connectivity index (χ3n) is 7.47. The maximum atomic E-state index is 6.07. The first-order valence-electron chi connectivity index (χ1n) is 14.2. The molecule has 3 aliphatic rings. The smallest absolute Gasteiger partial charge is 0.0670 e. The second-order valence-electron chi connectivity index (χ2n) is 10.4. The van der Waals surface area contributed by atoms with Gasteiger partial charge >= 0.3 is 0 Å². The molecule has 2 aliphatic carbocycles.